The molecule has 188 valence electrons. The summed E-state index contributed by atoms with van der Waals surface area (Å²) < 4.78 is 20.9. The molecular formula is C25H57N2O2PSi. The first-order valence-electron chi connectivity index (χ1n) is 12.9. The first-order chi connectivity index (χ1) is 14.1. The Balaban J connectivity index is 5.56. The highest BCUT2D eigenvalue weighted by Gasteiger charge is 2.34. The molecule has 0 spiro atoms. The van der Waals surface area contributed by atoms with E-state index in [1.54, 1.807) is 0 Å². The van der Waals surface area contributed by atoms with E-state index in [9.17, 15) is 4.57 Å². The molecule has 0 fully saturated rings. The fourth-order valence-corrected chi connectivity index (χ4v) is 9.81. The monoisotopic (exact) mass is 476 g/mol. The maximum absolute atomic E-state index is 14.4. The highest BCUT2D eigenvalue weighted by Crippen LogP contribution is 2.50. The molecule has 0 unspecified atom stereocenters. The van der Waals surface area contributed by atoms with Gasteiger partial charge in [0.05, 0.1) is 12.6 Å². The molecule has 0 N–H and O–H groups in total. The van der Waals surface area contributed by atoms with Gasteiger partial charge in [-0.3, -0.25) is 14.4 Å². The van der Waals surface area contributed by atoms with Crippen LogP contribution in [-0.2, 0) is 8.78 Å². The van der Waals surface area contributed by atoms with Crippen molar-refractivity contribution < 1.29 is 8.78 Å². The molecule has 0 aliphatic carbocycles. The molecule has 0 radical (unpaired) electrons. The molecule has 4 nitrogen and oxygen atoms in total. The van der Waals surface area contributed by atoms with E-state index in [4.69, 9.17) is 4.21 Å². The zero-order valence-corrected chi connectivity index (χ0v) is 24.9. The van der Waals surface area contributed by atoms with Gasteiger partial charge in [-0.05, 0) is 95.2 Å². The van der Waals surface area contributed by atoms with Crippen LogP contribution in [0.4, 0.5) is 0 Å². The molecule has 0 bridgehead atoms. The smallest absolute Gasteiger partial charge is 0.220 e. The van der Waals surface area contributed by atoms with E-state index in [1.165, 1.54) is 0 Å². The van der Waals surface area contributed by atoms with Gasteiger partial charge in [0.1, 0.15) is 0 Å². The normalized spacial score (nSPS) is 13.7. The van der Waals surface area contributed by atoms with Crippen molar-refractivity contribution in [2.45, 2.75) is 101 Å². The first kappa shape index (κ1) is 31.3. The zero-order valence-electron chi connectivity index (χ0n) is 23.0. The number of nitrogens with zero attached hydrogens (tertiary/aromatic N) is 2. The summed E-state index contributed by atoms with van der Waals surface area (Å²) in [6.07, 6.45) is 5.81. The van der Waals surface area contributed by atoms with Gasteiger partial charge in [-0.15, -0.1) is 0 Å². The lowest BCUT2D eigenvalue weighted by molar-refractivity contribution is 0.248. The molecule has 0 rings (SSSR count). The van der Waals surface area contributed by atoms with Crippen LogP contribution in [0.25, 0.3) is 0 Å². The zero-order chi connectivity index (χ0) is 24.2. The fraction of sp³-hybridized carbons (Fsp3) is 1.00. The van der Waals surface area contributed by atoms with Crippen molar-refractivity contribution in [2.24, 2.45) is 23.7 Å². The number of hydrogen-bond acceptors (Lipinski definition) is 4. The molecule has 6 heteroatoms. The maximum Gasteiger partial charge on any atom is 0.220 e. The molecule has 0 aromatic carbocycles. The average Bonchev–Trinajstić information content (AvgIpc) is 2.57. The van der Waals surface area contributed by atoms with E-state index < -0.39 is 15.7 Å². The SMILES string of the molecule is CC(C)CCN(CCC(C)C)CP(=O)(CN(CCC(C)C)CCC(C)C)O[Si](C)(C)C. The largest absolute Gasteiger partial charge is 0.368 e. The first-order valence-corrected chi connectivity index (χ1v) is 18.3. The van der Waals surface area contributed by atoms with Gasteiger partial charge in [-0.1, -0.05) is 55.4 Å². The lowest BCUT2D eigenvalue weighted by Gasteiger charge is -2.36. The summed E-state index contributed by atoms with van der Waals surface area (Å²) in [7, 11) is -4.70. The van der Waals surface area contributed by atoms with Crippen molar-refractivity contribution in [3.8, 4) is 0 Å². The molecule has 0 heterocycles. The highest BCUT2D eigenvalue weighted by molar-refractivity contribution is 7.60. The van der Waals surface area contributed by atoms with Crippen molar-refractivity contribution >= 4 is 15.7 Å². The molecule has 0 aliphatic heterocycles. The Kier molecular flexibility index (Phi) is 15.4. The summed E-state index contributed by atoms with van der Waals surface area (Å²) >= 11 is 0. The Morgan fingerprint density at radius 3 is 1.06 bits per heavy atom. The highest BCUT2D eigenvalue weighted by atomic mass is 31.2. The Bertz CT molecular complexity index is 446. The second kappa shape index (κ2) is 15.3. The summed E-state index contributed by atoms with van der Waals surface area (Å²) in [5.74, 6) is 2.64. The predicted octanol–water partition coefficient (Wildman–Crippen LogP) is 7.82. The van der Waals surface area contributed by atoms with Crippen molar-refractivity contribution in [2.75, 3.05) is 38.8 Å². The third kappa shape index (κ3) is 18.4. The van der Waals surface area contributed by atoms with E-state index >= 15 is 0 Å². The minimum absolute atomic E-state index is 0.608. The molecular weight excluding hydrogens is 419 g/mol. The Labute approximate surface area is 197 Å². The standard InChI is InChI=1S/C25H57N2O2PSi/c1-22(2)12-16-26(17-13-23(3)4)20-30(28,29-31(9,10)11)21-27(18-14-24(5)6)19-15-25(7)8/h22-25H,12-21H2,1-11H3. The van der Waals surface area contributed by atoms with Crippen LogP contribution in [0.15, 0.2) is 0 Å². The van der Waals surface area contributed by atoms with Gasteiger partial charge in [0.15, 0.2) is 8.32 Å². The average molecular weight is 477 g/mol. The van der Waals surface area contributed by atoms with Crippen LogP contribution in [0, 0.1) is 23.7 Å². The van der Waals surface area contributed by atoms with Gasteiger partial charge in [-0.2, -0.15) is 0 Å². The predicted molar refractivity (Wildman–Crippen MR) is 143 cm³/mol. The van der Waals surface area contributed by atoms with Crippen LogP contribution in [-0.4, -0.2) is 56.9 Å². The summed E-state index contributed by atoms with van der Waals surface area (Å²) in [6, 6.07) is 0. The van der Waals surface area contributed by atoms with Gasteiger partial charge in [0.2, 0.25) is 7.37 Å². The third-order valence-corrected chi connectivity index (χ3v) is 10.5. The van der Waals surface area contributed by atoms with E-state index in [2.05, 4.69) is 84.8 Å². The van der Waals surface area contributed by atoms with E-state index in [0.29, 0.717) is 36.2 Å². The Hall–Kier alpha value is 0.327. The van der Waals surface area contributed by atoms with Crippen LogP contribution in [0.1, 0.15) is 81.1 Å². The third-order valence-electron chi connectivity index (χ3n) is 5.36. The van der Waals surface area contributed by atoms with Crippen LogP contribution in [0.3, 0.4) is 0 Å². The van der Waals surface area contributed by atoms with Gasteiger partial charge in [-0.25, -0.2) is 0 Å². The Morgan fingerprint density at radius 2 is 0.871 bits per heavy atom. The van der Waals surface area contributed by atoms with Gasteiger partial charge < -0.3 is 4.21 Å². The fourth-order valence-electron chi connectivity index (χ4n) is 3.48. The summed E-state index contributed by atoms with van der Waals surface area (Å²) in [5.41, 5.74) is 0. The van der Waals surface area contributed by atoms with E-state index in [0.717, 1.165) is 51.9 Å². The van der Waals surface area contributed by atoms with Crippen molar-refractivity contribution in [1.29, 1.82) is 0 Å². The molecule has 0 amide bonds. The lowest BCUT2D eigenvalue weighted by Crippen LogP contribution is -2.37. The van der Waals surface area contributed by atoms with Gasteiger partial charge in [0.25, 0.3) is 0 Å². The van der Waals surface area contributed by atoms with Crippen LogP contribution in [0.5, 0.6) is 0 Å². The van der Waals surface area contributed by atoms with Crippen LogP contribution < -0.4 is 0 Å². The number of rotatable bonds is 18. The Morgan fingerprint density at radius 1 is 0.613 bits per heavy atom. The van der Waals surface area contributed by atoms with E-state index in [-0.39, 0.29) is 0 Å². The molecule has 0 atom stereocenters. The van der Waals surface area contributed by atoms with Crippen LogP contribution >= 0.6 is 7.37 Å². The minimum Gasteiger partial charge on any atom is -0.368 e. The second-order valence-corrected chi connectivity index (χ2v) is 19.4. The molecule has 0 aliphatic rings. The van der Waals surface area contributed by atoms with Crippen molar-refractivity contribution in [3.05, 3.63) is 0 Å². The number of hydrogen-bond donors (Lipinski definition) is 0. The minimum atomic E-state index is -2.78. The summed E-state index contributed by atoms with van der Waals surface area (Å²) in [6.45, 7) is 28.8. The summed E-state index contributed by atoms with van der Waals surface area (Å²) in [5, 5.41) is 0. The van der Waals surface area contributed by atoms with Crippen LogP contribution in [0.2, 0.25) is 19.6 Å². The molecule has 0 saturated heterocycles. The van der Waals surface area contributed by atoms with Gasteiger partial charge in [0, 0.05) is 0 Å². The molecule has 0 aromatic rings. The molecule has 0 aromatic heterocycles. The quantitative estimate of drug-likeness (QED) is 0.149. The molecule has 31 heavy (non-hydrogen) atoms. The lowest BCUT2D eigenvalue weighted by atomic mass is 10.1. The maximum atomic E-state index is 14.4. The van der Waals surface area contributed by atoms with Gasteiger partial charge >= 0.3 is 0 Å². The second-order valence-electron chi connectivity index (χ2n) is 12.3. The van der Waals surface area contributed by atoms with E-state index in [1.807, 2.05) is 0 Å². The summed E-state index contributed by atoms with van der Waals surface area (Å²) in [4.78, 5) is 4.90. The van der Waals surface area contributed by atoms with Crippen molar-refractivity contribution in [3.63, 3.8) is 0 Å². The topological polar surface area (TPSA) is 32.8 Å². The molecule has 0 saturated carbocycles. The van der Waals surface area contributed by atoms with Crippen molar-refractivity contribution in [1.82, 2.24) is 9.80 Å².